The lowest BCUT2D eigenvalue weighted by molar-refractivity contribution is -0.139. The van der Waals surface area contributed by atoms with Gasteiger partial charge in [-0.2, -0.15) is 0 Å². The molecule has 0 radical (unpaired) electrons. The van der Waals surface area contributed by atoms with Crippen molar-refractivity contribution in [3.8, 4) is 22.3 Å². The van der Waals surface area contributed by atoms with E-state index in [-0.39, 0.29) is 24.8 Å². The molecule has 180 valence electrons. The monoisotopic (exact) mass is 481 g/mol. The van der Waals surface area contributed by atoms with Crippen LogP contribution in [0.25, 0.3) is 22.3 Å². The molecule has 0 aliphatic heterocycles. The normalized spacial score (nSPS) is 12.9. The average molecular weight is 482 g/mol. The number of alkyl carbamates (subject to hydrolysis) is 1. The highest BCUT2D eigenvalue weighted by Gasteiger charge is 2.29. The SMILES string of the molecule is O=C(N[C@@H](Cc1cccc(-c2ccc(F)cc2)c1)C(=O)O)OCC1c2ccccc2-c2ccccc21. The largest absolute Gasteiger partial charge is 0.480 e. The van der Waals surface area contributed by atoms with Crippen LogP contribution in [0.4, 0.5) is 9.18 Å². The molecular formula is C30H24FNO4. The van der Waals surface area contributed by atoms with Crippen molar-refractivity contribution in [1.29, 1.82) is 0 Å². The number of fused-ring (bicyclic) bond motifs is 3. The van der Waals surface area contributed by atoms with Gasteiger partial charge in [-0.25, -0.2) is 14.0 Å². The summed E-state index contributed by atoms with van der Waals surface area (Å²) in [6, 6.07) is 28.2. The second-order valence-corrected chi connectivity index (χ2v) is 8.77. The highest BCUT2D eigenvalue weighted by molar-refractivity contribution is 5.81. The van der Waals surface area contributed by atoms with Crippen LogP contribution in [0, 0.1) is 5.82 Å². The predicted molar refractivity (Wildman–Crippen MR) is 135 cm³/mol. The molecule has 4 aromatic carbocycles. The van der Waals surface area contributed by atoms with Crippen molar-refractivity contribution in [3.05, 3.63) is 120 Å². The van der Waals surface area contributed by atoms with E-state index in [1.54, 1.807) is 24.3 Å². The van der Waals surface area contributed by atoms with Gasteiger partial charge < -0.3 is 15.2 Å². The van der Waals surface area contributed by atoms with E-state index >= 15 is 0 Å². The number of carboxylic acids is 1. The van der Waals surface area contributed by atoms with Crippen LogP contribution in [-0.2, 0) is 16.0 Å². The molecule has 4 aromatic rings. The van der Waals surface area contributed by atoms with Gasteiger partial charge in [0.25, 0.3) is 0 Å². The third-order valence-corrected chi connectivity index (χ3v) is 6.48. The van der Waals surface area contributed by atoms with Crippen LogP contribution in [0.1, 0.15) is 22.6 Å². The van der Waals surface area contributed by atoms with Gasteiger partial charge in [0.05, 0.1) is 0 Å². The number of carbonyl (C=O) groups excluding carboxylic acids is 1. The highest BCUT2D eigenvalue weighted by Crippen LogP contribution is 2.44. The molecule has 0 unspecified atom stereocenters. The Morgan fingerprint density at radius 1 is 0.833 bits per heavy atom. The number of nitrogens with one attached hydrogen (secondary N) is 1. The summed E-state index contributed by atoms with van der Waals surface area (Å²) >= 11 is 0. The highest BCUT2D eigenvalue weighted by atomic mass is 19.1. The minimum Gasteiger partial charge on any atom is -0.480 e. The first-order valence-corrected chi connectivity index (χ1v) is 11.7. The van der Waals surface area contributed by atoms with Crippen molar-refractivity contribution in [2.24, 2.45) is 0 Å². The van der Waals surface area contributed by atoms with Crippen molar-refractivity contribution in [3.63, 3.8) is 0 Å². The summed E-state index contributed by atoms with van der Waals surface area (Å²) < 4.78 is 18.8. The molecule has 0 bridgehead atoms. The van der Waals surface area contributed by atoms with E-state index in [0.717, 1.165) is 38.9 Å². The topological polar surface area (TPSA) is 75.6 Å². The van der Waals surface area contributed by atoms with Crippen molar-refractivity contribution >= 4 is 12.1 Å². The van der Waals surface area contributed by atoms with Gasteiger partial charge in [0.2, 0.25) is 0 Å². The first-order chi connectivity index (χ1) is 17.5. The maximum absolute atomic E-state index is 13.3. The van der Waals surface area contributed by atoms with Crippen LogP contribution in [0.2, 0.25) is 0 Å². The molecule has 0 saturated heterocycles. The van der Waals surface area contributed by atoms with Gasteiger partial charge in [-0.3, -0.25) is 0 Å². The Morgan fingerprint density at radius 3 is 2.11 bits per heavy atom. The Labute approximate surface area is 208 Å². The zero-order chi connectivity index (χ0) is 25.1. The molecule has 6 heteroatoms. The number of halogens is 1. The Morgan fingerprint density at radius 2 is 1.47 bits per heavy atom. The zero-order valence-corrected chi connectivity index (χ0v) is 19.4. The maximum atomic E-state index is 13.3. The fraction of sp³-hybridized carbons (Fsp3) is 0.133. The summed E-state index contributed by atoms with van der Waals surface area (Å²) in [5.41, 5.74) is 6.77. The number of aliphatic carboxylic acids is 1. The lowest BCUT2D eigenvalue weighted by Gasteiger charge is -2.18. The van der Waals surface area contributed by atoms with E-state index in [2.05, 4.69) is 17.4 Å². The lowest BCUT2D eigenvalue weighted by Crippen LogP contribution is -2.42. The van der Waals surface area contributed by atoms with Gasteiger partial charge in [0, 0.05) is 12.3 Å². The van der Waals surface area contributed by atoms with Gasteiger partial charge >= 0.3 is 12.1 Å². The number of carboxylic acid groups (broad SMARTS) is 1. The molecule has 1 amide bonds. The van der Waals surface area contributed by atoms with Crippen LogP contribution in [0.15, 0.2) is 97.1 Å². The molecule has 0 fully saturated rings. The zero-order valence-electron chi connectivity index (χ0n) is 19.4. The standard InChI is InChI=1S/C30H24FNO4/c31-22-14-12-20(13-15-22)21-7-5-6-19(16-21)17-28(29(33)34)32-30(35)36-18-27-25-10-3-1-8-23(25)24-9-2-4-11-26(24)27/h1-16,27-28H,17-18H2,(H,32,35)(H,33,34)/t28-/m0/s1. The fourth-order valence-corrected chi connectivity index (χ4v) is 4.74. The Kier molecular flexibility index (Phi) is 6.50. The van der Waals surface area contributed by atoms with Crippen molar-refractivity contribution in [1.82, 2.24) is 5.32 Å². The average Bonchev–Trinajstić information content (AvgIpc) is 3.21. The van der Waals surface area contributed by atoms with Gasteiger partial charge in [0.15, 0.2) is 0 Å². The molecule has 36 heavy (non-hydrogen) atoms. The minimum atomic E-state index is -1.16. The molecule has 0 heterocycles. The molecule has 5 rings (SSSR count). The maximum Gasteiger partial charge on any atom is 0.407 e. The molecule has 1 atom stereocenters. The second kappa shape index (κ2) is 10.0. The van der Waals surface area contributed by atoms with E-state index in [4.69, 9.17) is 4.74 Å². The quantitative estimate of drug-likeness (QED) is 0.338. The van der Waals surface area contributed by atoms with Crippen molar-refractivity contribution in [2.45, 2.75) is 18.4 Å². The van der Waals surface area contributed by atoms with Crippen molar-refractivity contribution < 1.29 is 23.8 Å². The Hall–Kier alpha value is -4.45. The molecule has 5 nitrogen and oxygen atoms in total. The summed E-state index contributed by atoms with van der Waals surface area (Å²) in [4.78, 5) is 24.5. The summed E-state index contributed by atoms with van der Waals surface area (Å²) in [6.07, 6.45) is -0.701. The smallest absolute Gasteiger partial charge is 0.407 e. The first kappa shape index (κ1) is 23.3. The molecule has 2 N–H and O–H groups in total. The summed E-state index contributed by atoms with van der Waals surface area (Å²) in [5, 5.41) is 12.2. The molecule has 1 aliphatic rings. The van der Waals surface area contributed by atoms with Crippen LogP contribution in [0.3, 0.4) is 0 Å². The summed E-state index contributed by atoms with van der Waals surface area (Å²) in [6.45, 7) is 0.103. The number of benzene rings is 4. The predicted octanol–water partition coefficient (Wildman–Crippen LogP) is 6.03. The number of hydrogen-bond acceptors (Lipinski definition) is 3. The summed E-state index contributed by atoms with van der Waals surface area (Å²) in [5.74, 6) is -1.59. The van der Waals surface area contributed by atoms with Crippen LogP contribution in [0.5, 0.6) is 0 Å². The summed E-state index contributed by atoms with van der Waals surface area (Å²) in [7, 11) is 0. The third-order valence-electron chi connectivity index (χ3n) is 6.48. The van der Waals surface area contributed by atoms with Gasteiger partial charge in [-0.1, -0.05) is 84.9 Å². The Balaban J connectivity index is 1.26. The van der Waals surface area contributed by atoms with E-state index in [1.807, 2.05) is 48.5 Å². The van der Waals surface area contributed by atoms with E-state index in [0.29, 0.717) is 0 Å². The first-order valence-electron chi connectivity index (χ1n) is 11.7. The number of ether oxygens (including phenoxy) is 1. The number of amides is 1. The van der Waals surface area contributed by atoms with E-state index < -0.39 is 18.1 Å². The van der Waals surface area contributed by atoms with Gasteiger partial charge in [-0.15, -0.1) is 0 Å². The number of hydrogen-bond donors (Lipinski definition) is 2. The van der Waals surface area contributed by atoms with E-state index in [9.17, 15) is 19.1 Å². The number of carbonyl (C=O) groups is 2. The molecule has 0 saturated carbocycles. The molecule has 0 spiro atoms. The lowest BCUT2D eigenvalue weighted by atomic mass is 9.98. The fourth-order valence-electron chi connectivity index (χ4n) is 4.74. The molecule has 1 aliphatic carbocycles. The Bertz CT molecular complexity index is 1370. The number of rotatable bonds is 7. The van der Waals surface area contributed by atoms with Gasteiger partial charge in [-0.05, 0) is 51.1 Å². The van der Waals surface area contributed by atoms with E-state index in [1.165, 1.54) is 12.1 Å². The van der Waals surface area contributed by atoms with Crippen LogP contribution >= 0.6 is 0 Å². The third kappa shape index (κ3) is 4.84. The molecule has 0 aromatic heterocycles. The molecular weight excluding hydrogens is 457 g/mol. The van der Waals surface area contributed by atoms with Crippen LogP contribution in [-0.4, -0.2) is 29.8 Å². The van der Waals surface area contributed by atoms with Crippen molar-refractivity contribution in [2.75, 3.05) is 6.61 Å². The van der Waals surface area contributed by atoms with Crippen LogP contribution < -0.4 is 5.32 Å². The second-order valence-electron chi connectivity index (χ2n) is 8.77. The minimum absolute atomic E-state index is 0.0779. The van der Waals surface area contributed by atoms with Gasteiger partial charge in [0.1, 0.15) is 18.5 Å².